The van der Waals surface area contributed by atoms with Crippen molar-refractivity contribution in [3.05, 3.63) is 53.6 Å². The molecule has 3 aromatic rings. The summed E-state index contributed by atoms with van der Waals surface area (Å²) < 4.78 is 19.1. The Balaban J connectivity index is 1.21. The summed E-state index contributed by atoms with van der Waals surface area (Å²) >= 11 is 0. The molecule has 2 aromatic heterocycles. The van der Waals surface area contributed by atoms with Crippen molar-refractivity contribution in [2.24, 2.45) is 0 Å². The second-order valence-corrected chi connectivity index (χ2v) is 7.45. The molecule has 0 bridgehead atoms. The Bertz CT molecular complexity index is 1010. The summed E-state index contributed by atoms with van der Waals surface area (Å²) in [7, 11) is 0. The first kappa shape index (κ1) is 20.3. The molecule has 30 heavy (non-hydrogen) atoms. The van der Waals surface area contributed by atoms with Crippen LogP contribution < -0.4 is 10.2 Å². The van der Waals surface area contributed by atoms with Gasteiger partial charge in [0.25, 0.3) is 11.6 Å². The van der Waals surface area contributed by atoms with Crippen molar-refractivity contribution >= 4 is 22.7 Å². The first-order chi connectivity index (χ1) is 14.7. The summed E-state index contributed by atoms with van der Waals surface area (Å²) in [6.07, 6.45) is 3.10. The van der Waals surface area contributed by atoms with E-state index in [0.29, 0.717) is 23.5 Å². The second-order valence-electron chi connectivity index (χ2n) is 7.45. The standard InChI is InChI=1S/C22H26FN5O2/c1-2-19-17-14-16(15-25-22(17)30-26-19)21(29)24-8-5-9-27-10-12-28(13-11-27)20-7-4-3-6-18(20)23/h3-4,6-7,14-15H,2,5,8-13H2,1H3,(H,24,29). The summed E-state index contributed by atoms with van der Waals surface area (Å²) in [6.45, 7) is 6.85. The predicted octanol–water partition coefficient (Wildman–Crippen LogP) is 2.87. The molecule has 0 spiro atoms. The highest BCUT2D eigenvalue weighted by atomic mass is 19.1. The molecule has 7 nitrogen and oxygen atoms in total. The van der Waals surface area contributed by atoms with Crippen LogP contribution in [0, 0.1) is 5.82 Å². The van der Waals surface area contributed by atoms with Crippen molar-refractivity contribution in [1.82, 2.24) is 20.4 Å². The number of carbonyl (C=O) groups is 1. The fraction of sp³-hybridized carbons (Fsp3) is 0.409. The highest BCUT2D eigenvalue weighted by Gasteiger charge is 2.19. The Morgan fingerprint density at radius 1 is 1.23 bits per heavy atom. The molecule has 0 saturated carbocycles. The number of piperazine rings is 1. The van der Waals surface area contributed by atoms with Crippen LogP contribution in [-0.2, 0) is 6.42 Å². The molecule has 3 heterocycles. The number of carbonyl (C=O) groups excluding carboxylic acids is 1. The van der Waals surface area contributed by atoms with Gasteiger partial charge < -0.3 is 14.7 Å². The number of anilines is 1. The van der Waals surface area contributed by atoms with Crippen LogP contribution in [0.1, 0.15) is 29.4 Å². The average molecular weight is 411 g/mol. The predicted molar refractivity (Wildman–Crippen MR) is 113 cm³/mol. The summed E-state index contributed by atoms with van der Waals surface area (Å²) in [5.74, 6) is -0.310. The molecule has 1 fully saturated rings. The molecule has 4 rings (SSSR count). The average Bonchev–Trinajstić information content (AvgIpc) is 3.20. The minimum absolute atomic E-state index is 0.142. The van der Waals surface area contributed by atoms with Gasteiger partial charge in [-0.1, -0.05) is 24.2 Å². The van der Waals surface area contributed by atoms with E-state index < -0.39 is 0 Å². The lowest BCUT2D eigenvalue weighted by Crippen LogP contribution is -2.47. The number of aryl methyl sites for hydroxylation is 1. The Hall–Kier alpha value is -3.00. The lowest BCUT2D eigenvalue weighted by molar-refractivity contribution is 0.0951. The van der Waals surface area contributed by atoms with Crippen LogP contribution in [0.15, 0.2) is 41.1 Å². The van der Waals surface area contributed by atoms with Crippen LogP contribution in [0.3, 0.4) is 0 Å². The molecular weight excluding hydrogens is 385 g/mol. The maximum Gasteiger partial charge on any atom is 0.257 e. The third-order valence-corrected chi connectivity index (χ3v) is 5.50. The van der Waals surface area contributed by atoms with Crippen molar-refractivity contribution in [3.8, 4) is 0 Å². The molecule has 8 heteroatoms. The fourth-order valence-corrected chi connectivity index (χ4v) is 3.79. The Labute approximate surface area is 174 Å². The first-order valence-corrected chi connectivity index (χ1v) is 10.4. The SMILES string of the molecule is CCc1noc2ncc(C(=O)NCCCN3CCN(c4ccccc4F)CC3)cc12. The summed E-state index contributed by atoms with van der Waals surface area (Å²) in [5.41, 5.74) is 2.45. The summed E-state index contributed by atoms with van der Waals surface area (Å²) in [6, 6.07) is 8.70. The number of nitrogens with one attached hydrogen (secondary N) is 1. The molecule has 1 aliphatic heterocycles. The van der Waals surface area contributed by atoms with Crippen LogP contribution in [0.25, 0.3) is 11.1 Å². The first-order valence-electron chi connectivity index (χ1n) is 10.4. The van der Waals surface area contributed by atoms with Crippen molar-refractivity contribution in [2.75, 3.05) is 44.2 Å². The lowest BCUT2D eigenvalue weighted by atomic mass is 10.1. The number of amides is 1. The topological polar surface area (TPSA) is 74.5 Å². The maximum atomic E-state index is 13.9. The number of hydrogen-bond acceptors (Lipinski definition) is 6. The normalized spacial score (nSPS) is 14.9. The highest BCUT2D eigenvalue weighted by molar-refractivity contribution is 5.96. The highest BCUT2D eigenvalue weighted by Crippen LogP contribution is 2.20. The molecule has 1 aromatic carbocycles. The number of para-hydroxylation sites is 1. The minimum Gasteiger partial charge on any atom is -0.367 e. The van der Waals surface area contributed by atoms with Gasteiger partial charge in [-0.15, -0.1) is 0 Å². The fourth-order valence-electron chi connectivity index (χ4n) is 3.79. The monoisotopic (exact) mass is 411 g/mol. The molecule has 1 saturated heterocycles. The Morgan fingerprint density at radius 2 is 2.03 bits per heavy atom. The van der Waals surface area contributed by atoms with Gasteiger partial charge in [0.05, 0.1) is 22.3 Å². The molecular formula is C22H26FN5O2. The number of fused-ring (bicyclic) bond motifs is 1. The number of benzene rings is 1. The largest absolute Gasteiger partial charge is 0.367 e. The van der Waals surface area contributed by atoms with Gasteiger partial charge in [-0.05, 0) is 37.6 Å². The van der Waals surface area contributed by atoms with E-state index in [9.17, 15) is 9.18 Å². The summed E-state index contributed by atoms with van der Waals surface area (Å²) in [4.78, 5) is 21.1. The molecule has 1 amide bonds. The van der Waals surface area contributed by atoms with Crippen LogP contribution in [-0.4, -0.2) is 60.2 Å². The molecule has 0 atom stereocenters. The minimum atomic E-state index is -0.168. The third-order valence-electron chi connectivity index (χ3n) is 5.50. The zero-order valence-corrected chi connectivity index (χ0v) is 17.1. The Kier molecular flexibility index (Phi) is 6.23. The van der Waals surface area contributed by atoms with Crippen molar-refractivity contribution in [2.45, 2.75) is 19.8 Å². The molecule has 158 valence electrons. The molecule has 1 N–H and O–H groups in total. The maximum absolute atomic E-state index is 13.9. The van der Waals surface area contributed by atoms with E-state index in [1.807, 2.05) is 19.1 Å². The third kappa shape index (κ3) is 4.43. The van der Waals surface area contributed by atoms with Gasteiger partial charge in [0, 0.05) is 38.9 Å². The van der Waals surface area contributed by atoms with Crippen LogP contribution in [0.2, 0.25) is 0 Å². The number of hydrogen-bond donors (Lipinski definition) is 1. The molecule has 0 aliphatic carbocycles. The number of rotatable bonds is 7. The van der Waals surface area contributed by atoms with Crippen molar-refractivity contribution < 1.29 is 13.7 Å². The zero-order valence-electron chi connectivity index (χ0n) is 17.1. The van der Waals surface area contributed by atoms with Gasteiger partial charge in [-0.25, -0.2) is 9.37 Å². The van der Waals surface area contributed by atoms with Crippen molar-refractivity contribution in [3.63, 3.8) is 0 Å². The van der Waals surface area contributed by atoms with E-state index >= 15 is 0 Å². The number of halogens is 1. The van der Waals surface area contributed by atoms with Crippen LogP contribution in [0.4, 0.5) is 10.1 Å². The van der Waals surface area contributed by atoms with E-state index in [0.717, 1.165) is 56.6 Å². The summed E-state index contributed by atoms with van der Waals surface area (Å²) in [5, 5.41) is 7.72. The number of pyridine rings is 1. The van der Waals surface area contributed by atoms with Gasteiger partial charge >= 0.3 is 0 Å². The second kappa shape index (κ2) is 9.21. The van der Waals surface area contributed by atoms with E-state index in [-0.39, 0.29) is 11.7 Å². The van der Waals surface area contributed by atoms with Gasteiger partial charge in [0.15, 0.2) is 0 Å². The number of aromatic nitrogens is 2. The van der Waals surface area contributed by atoms with Crippen molar-refractivity contribution in [1.29, 1.82) is 0 Å². The Morgan fingerprint density at radius 3 is 2.80 bits per heavy atom. The van der Waals surface area contributed by atoms with Crippen LogP contribution in [0.5, 0.6) is 0 Å². The van der Waals surface area contributed by atoms with Gasteiger partial charge in [0.2, 0.25) is 0 Å². The smallest absolute Gasteiger partial charge is 0.257 e. The lowest BCUT2D eigenvalue weighted by Gasteiger charge is -2.36. The van der Waals surface area contributed by atoms with Gasteiger partial charge in [-0.2, -0.15) is 0 Å². The molecule has 0 radical (unpaired) electrons. The van der Waals surface area contributed by atoms with E-state index in [1.165, 1.54) is 12.3 Å². The van der Waals surface area contributed by atoms with E-state index in [4.69, 9.17) is 4.52 Å². The number of nitrogens with zero attached hydrogens (tertiary/aromatic N) is 4. The molecule has 0 unspecified atom stereocenters. The molecule has 1 aliphatic rings. The van der Waals surface area contributed by atoms with Gasteiger partial charge in [-0.3, -0.25) is 9.69 Å². The van der Waals surface area contributed by atoms with E-state index in [2.05, 4.69) is 25.3 Å². The van der Waals surface area contributed by atoms with Crippen LogP contribution >= 0.6 is 0 Å². The van der Waals surface area contributed by atoms with E-state index in [1.54, 1.807) is 12.1 Å². The van der Waals surface area contributed by atoms with Gasteiger partial charge in [0.1, 0.15) is 5.82 Å². The zero-order chi connectivity index (χ0) is 20.9. The quantitative estimate of drug-likeness (QED) is 0.603.